The second-order valence-corrected chi connectivity index (χ2v) is 5.59. The first-order valence-corrected chi connectivity index (χ1v) is 7.27. The minimum atomic E-state index is 0.190. The van der Waals surface area contributed by atoms with Crippen molar-refractivity contribution >= 4 is 15.9 Å². The maximum Gasteiger partial charge on any atom is 0.328 e. The summed E-state index contributed by atoms with van der Waals surface area (Å²) in [6, 6.07) is 7.61. The van der Waals surface area contributed by atoms with Crippen molar-refractivity contribution in [3.63, 3.8) is 0 Å². The van der Waals surface area contributed by atoms with Gasteiger partial charge >= 0.3 is 6.01 Å². The standard InChI is InChI=1S/C15H17BrN2O3/c1-9(2)11-7-10(16)5-6-12(11)21-15-17-13(19-3)8-14(18-15)20-4/h5-9H,1-4H3. The monoisotopic (exact) mass is 352 g/mol. The number of nitrogens with zero attached hydrogens (tertiary/aromatic N) is 2. The average Bonchev–Trinajstić information content (AvgIpc) is 2.48. The number of ether oxygens (including phenoxy) is 3. The van der Waals surface area contributed by atoms with Gasteiger partial charge < -0.3 is 14.2 Å². The molecule has 0 bridgehead atoms. The molecule has 1 heterocycles. The Morgan fingerprint density at radius 3 is 2.14 bits per heavy atom. The molecule has 1 aromatic heterocycles. The van der Waals surface area contributed by atoms with Crippen molar-refractivity contribution in [1.29, 1.82) is 0 Å². The van der Waals surface area contributed by atoms with E-state index in [4.69, 9.17) is 14.2 Å². The van der Waals surface area contributed by atoms with E-state index in [1.807, 2.05) is 18.2 Å². The van der Waals surface area contributed by atoms with E-state index in [1.165, 1.54) is 14.2 Å². The lowest BCUT2D eigenvalue weighted by Crippen LogP contribution is -2.00. The lowest BCUT2D eigenvalue weighted by Gasteiger charge is -2.13. The smallest absolute Gasteiger partial charge is 0.328 e. The molecule has 0 amide bonds. The topological polar surface area (TPSA) is 53.5 Å². The predicted octanol–water partition coefficient (Wildman–Crippen LogP) is 4.17. The largest absolute Gasteiger partial charge is 0.481 e. The van der Waals surface area contributed by atoms with Crippen LogP contribution in [0.15, 0.2) is 28.7 Å². The molecule has 0 aliphatic carbocycles. The molecule has 0 aliphatic heterocycles. The fourth-order valence-electron chi connectivity index (χ4n) is 1.80. The van der Waals surface area contributed by atoms with Crippen LogP contribution in [-0.2, 0) is 0 Å². The zero-order valence-electron chi connectivity index (χ0n) is 12.4. The first kappa shape index (κ1) is 15.6. The molecule has 2 rings (SSSR count). The van der Waals surface area contributed by atoms with Gasteiger partial charge in [0.1, 0.15) is 5.75 Å². The third-order valence-electron chi connectivity index (χ3n) is 2.87. The summed E-state index contributed by atoms with van der Waals surface area (Å²) >= 11 is 3.47. The zero-order valence-corrected chi connectivity index (χ0v) is 14.0. The van der Waals surface area contributed by atoms with E-state index >= 15 is 0 Å². The van der Waals surface area contributed by atoms with E-state index in [-0.39, 0.29) is 6.01 Å². The van der Waals surface area contributed by atoms with E-state index in [0.717, 1.165) is 10.0 Å². The van der Waals surface area contributed by atoms with Crippen LogP contribution in [0.4, 0.5) is 0 Å². The Kier molecular flexibility index (Phi) is 5.01. The Bertz CT molecular complexity index is 610. The highest BCUT2D eigenvalue weighted by Crippen LogP contribution is 2.32. The Morgan fingerprint density at radius 2 is 1.62 bits per heavy atom. The van der Waals surface area contributed by atoms with Gasteiger partial charge in [-0.2, -0.15) is 9.97 Å². The minimum Gasteiger partial charge on any atom is -0.481 e. The van der Waals surface area contributed by atoms with E-state index in [2.05, 4.69) is 39.7 Å². The number of hydrogen-bond donors (Lipinski definition) is 0. The number of aromatic nitrogens is 2. The Balaban J connectivity index is 2.38. The van der Waals surface area contributed by atoms with Crippen molar-refractivity contribution in [2.75, 3.05) is 14.2 Å². The highest BCUT2D eigenvalue weighted by Gasteiger charge is 2.13. The summed E-state index contributed by atoms with van der Waals surface area (Å²) in [6.07, 6.45) is 0. The van der Waals surface area contributed by atoms with Crippen LogP contribution in [0.5, 0.6) is 23.5 Å². The van der Waals surface area contributed by atoms with Gasteiger partial charge in [0.15, 0.2) is 0 Å². The zero-order chi connectivity index (χ0) is 15.4. The normalized spacial score (nSPS) is 10.6. The molecule has 21 heavy (non-hydrogen) atoms. The molecule has 1 aromatic carbocycles. The van der Waals surface area contributed by atoms with Gasteiger partial charge in [0.25, 0.3) is 0 Å². The van der Waals surface area contributed by atoms with Gasteiger partial charge in [0, 0.05) is 4.47 Å². The van der Waals surface area contributed by atoms with E-state index in [0.29, 0.717) is 23.4 Å². The Hall–Kier alpha value is -1.82. The van der Waals surface area contributed by atoms with Crippen LogP contribution >= 0.6 is 15.9 Å². The molecule has 0 unspecified atom stereocenters. The molecule has 5 nitrogen and oxygen atoms in total. The lowest BCUT2D eigenvalue weighted by atomic mass is 10.0. The molecule has 0 spiro atoms. The van der Waals surface area contributed by atoms with Crippen molar-refractivity contribution < 1.29 is 14.2 Å². The number of rotatable bonds is 5. The van der Waals surface area contributed by atoms with Gasteiger partial charge in [-0.1, -0.05) is 29.8 Å². The third kappa shape index (κ3) is 3.85. The first-order chi connectivity index (χ1) is 10.0. The van der Waals surface area contributed by atoms with Crippen LogP contribution in [0.2, 0.25) is 0 Å². The van der Waals surface area contributed by atoms with Gasteiger partial charge in [0.2, 0.25) is 11.8 Å². The second-order valence-electron chi connectivity index (χ2n) is 4.67. The first-order valence-electron chi connectivity index (χ1n) is 6.48. The SMILES string of the molecule is COc1cc(OC)nc(Oc2ccc(Br)cc2C(C)C)n1. The number of methoxy groups -OCH3 is 2. The molecule has 6 heteroatoms. The summed E-state index contributed by atoms with van der Waals surface area (Å²) in [6.45, 7) is 4.20. The number of benzene rings is 1. The summed E-state index contributed by atoms with van der Waals surface area (Å²) in [5.41, 5.74) is 1.06. The van der Waals surface area contributed by atoms with E-state index in [1.54, 1.807) is 6.07 Å². The maximum atomic E-state index is 5.81. The van der Waals surface area contributed by atoms with Gasteiger partial charge in [-0.15, -0.1) is 0 Å². The minimum absolute atomic E-state index is 0.190. The molecule has 0 aliphatic rings. The van der Waals surface area contributed by atoms with Crippen LogP contribution in [0.25, 0.3) is 0 Å². The van der Waals surface area contributed by atoms with Gasteiger partial charge in [-0.3, -0.25) is 0 Å². The van der Waals surface area contributed by atoms with Crippen LogP contribution < -0.4 is 14.2 Å². The van der Waals surface area contributed by atoms with Crippen LogP contribution in [0.1, 0.15) is 25.3 Å². The highest BCUT2D eigenvalue weighted by atomic mass is 79.9. The molecule has 0 saturated carbocycles. The molecule has 0 N–H and O–H groups in total. The Morgan fingerprint density at radius 1 is 1.00 bits per heavy atom. The van der Waals surface area contributed by atoms with Crippen molar-refractivity contribution in [1.82, 2.24) is 9.97 Å². The highest BCUT2D eigenvalue weighted by molar-refractivity contribution is 9.10. The molecule has 0 radical (unpaired) electrons. The molecule has 112 valence electrons. The van der Waals surface area contributed by atoms with E-state index < -0.39 is 0 Å². The van der Waals surface area contributed by atoms with Crippen LogP contribution in [-0.4, -0.2) is 24.2 Å². The summed E-state index contributed by atoms with van der Waals surface area (Å²) in [5.74, 6) is 1.80. The molecular formula is C15H17BrN2O3. The van der Waals surface area contributed by atoms with Gasteiger partial charge in [-0.05, 0) is 29.7 Å². The molecule has 0 atom stereocenters. The quantitative estimate of drug-likeness (QED) is 0.808. The van der Waals surface area contributed by atoms with Crippen molar-refractivity contribution in [3.8, 4) is 23.5 Å². The van der Waals surface area contributed by atoms with Crippen molar-refractivity contribution in [2.45, 2.75) is 19.8 Å². The van der Waals surface area contributed by atoms with Crippen molar-refractivity contribution in [3.05, 3.63) is 34.3 Å². The fraction of sp³-hybridized carbons (Fsp3) is 0.333. The summed E-state index contributed by atoms with van der Waals surface area (Å²) in [5, 5.41) is 0. The van der Waals surface area contributed by atoms with Crippen LogP contribution in [0, 0.1) is 0 Å². The summed E-state index contributed by atoms with van der Waals surface area (Å²) in [4.78, 5) is 8.34. The molecule has 0 saturated heterocycles. The van der Waals surface area contributed by atoms with Gasteiger partial charge in [-0.25, -0.2) is 0 Å². The number of halogens is 1. The van der Waals surface area contributed by atoms with Gasteiger partial charge in [0.05, 0.1) is 20.3 Å². The Labute approximate surface area is 132 Å². The van der Waals surface area contributed by atoms with Crippen LogP contribution in [0.3, 0.4) is 0 Å². The summed E-state index contributed by atoms with van der Waals surface area (Å²) in [7, 11) is 3.06. The molecule has 2 aromatic rings. The lowest BCUT2D eigenvalue weighted by molar-refractivity contribution is 0.347. The van der Waals surface area contributed by atoms with E-state index in [9.17, 15) is 0 Å². The van der Waals surface area contributed by atoms with Crippen molar-refractivity contribution in [2.24, 2.45) is 0 Å². The molecule has 0 fully saturated rings. The third-order valence-corrected chi connectivity index (χ3v) is 3.37. The second kappa shape index (κ2) is 6.76. The summed E-state index contributed by atoms with van der Waals surface area (Å²) < 4.78 is 17.0. The maximum absolute atomic E-state index is 5.81. The predicted molar refractivity (Wildman–Crippen MR) is 83.4 cm³/mol. The number of hydrogen-bond acceptors (Lipinski definition) is 5. The average molecular weight is 353 g/mol. The molecular weight excluding hydrogens is 336 g/mol. The fourth-order valence-corrected chi connectivity index (χ4v) is 2.18.